The first-order valence-electron chi connectivity index (χ1n) is 11.0. The van der Waals surface area contributed by atoms with Crippen molar-refractivity contribution in [2.24, 2.45) is 0 Å². The topological polar surface area (TPSA) is 31.9 Å². The zero-order valence-electron chi connectivity index (χ0n) is 17.8. The zero-order chi connectivity index (χ0) is 20.5. The second-order valence-corrected chi connectivity index (χ2v) is 9.81. The van der Waals surface area contributed by atoms with Crippen molar-refractivity contribution in [3.05, 3.63) is 75.7 Å². The Morgan fingerprint density at radius 3 is 2.60 bits per heavy atom. The molecule has 1 fully saturated rings. The first-order valence-corrected chi connectivity index (χ1v) is 11.8. The number of para-hydroxylation sites is 1. The van der Waals surface area contributed by atoms with E-state index in [1.807, 2.05) is 11.3 Å². The van der Waals surface area contributed by atoms with E-state index in [0.717, 1.165) is 13.0 Å². The zero-order valence-corrected chi connectivity index (χ0v) is 18.6. The molecule has 3 nitrogen and oxygen atoms in total. The molecule has 1 aliphatic rings. The third-order valence-corrected chi connectivity index (χ3v) is 7.46. The van der Waals surface area contributed by atoms with Gasteiger partial charge in [0.2, 0.25) is 0 Å². The number of benzene rings is 2. The monoisotopic (exact) mass is 415 g/mol. The van der Waals surface area contributed by atoms with E-state index in [-0.39, 0.29) is 0 Å². The minimum absolute atomic E-state index is 0.672. The molecule has 0 saturated carbocycles. The molecule has 0 amide bonds. The molecule has 30 heavy (non-hydrogen) atoms. The van der Waals surface area contributed by atoms with Crippen molar-refractivity contribution >= 4 is 22.2 Å². The van der Waals surface area contributed by atoms with Crippen molar-refractivity contribution in [1.82, 2.24) is 14.9 Å². The standard InChI is InChI=1S/C26H29N3S/c1-18-7-9-21(10-8-18)26-25(30-19(2)28-26)13-16-29-14-11-20(12-15-29)23-17-27-24-6-4-3-5-22(23)24/h3-10,17,20,27H,11-16H2,1-2H3. The number of piperidine rings is 1. The van der Waals surface area contributed by atoms with Gasteiger partial charge in [-0.1, -0.05) is 48.0 Å². The van der Waals surface area contributed by atoms with Crippen LogP contribution >= 0.6 is 11.3 Å². The molecule has 4 aromatic rings. The average Bonchev–Trinajstić information content (AvgIpc) is 3.37. The fraction of sp³-hybridized carbons (Fsp3) is 0.346. The summed E-state index contributed by atoms with van der Waals surface area (Å²) in [5, 5.41) is 2.57. The van der Waals surface area contributed by atoms with Crippen LogP contribution in [-0.2, 0) is 6.42 Å². The summed E-state index contributed by atoms with van der Waals surface area (Å²) in [5.74, 6) is 0.672. The van der Waals surface area contributed by atoms with Crippen LogP contribution in [0.1, 0.15) is 39.8 Å². The Morgan fingerprint density at radius 1 is 1.03 bits per heavy atom. The van der Waals surface area contributed by atoms with Crippen molar-refractivity contribution in [3.8, 4) is 11.3 Å². The van der Waals surface area contributed by atoms with E-state index in [9.17, 15) is 0 Å². The number of aryl methyl sites for hydroxylation is 2. The van der Waals surface area contributed by atoms with E-state index < -0.39 is 0 Å². The highest BCUT2D eigenvalue weighted by Gasteiger charge is 2.23. The molecule has 5 rings (SSSR count). The Bertz CT molecular complexity index is 1130. The van der Waals surface area contributed by atoms with Crippen molar-refractivity contribution in [3.63, 3.8) is 0 Å². The molecule has 2 aromatic carbocycles. The summed E-state index contributed by atoms with van der Waals surface area (Å²) in [6.45, 7) is 7.75. The van der Waals surface area contributed by atoms with Crippen LogP contribution in [0.15, 0.2) is 54.7 Å². The van der Waals surface area contributed by atoms with Crippen LogP contribution in [0.2, 0.25) is 0 Å². The van der Waals surface area contributed by atoms with Gasteiger partial charge < -0.3 is 9.88 Å². The SMILES string of the molecule is Cc1ccc(-c2nc(C)sc2CCN2CCC(c3c[nH]c4ccccc34)CC2)cc1. The van der Waals surface area contributed by atoms with Crippen LogP contribution in [0.4, 0.5) is 0 Å². The van der Waals surface area contributed by atoms with Gasteiger partial charge in [0, 0.05) is 34.1 Å². The quantitative estimate of drug-likeness (QED) is 0.413. The van der Waals surface area contributed by atoms with Crippen LogP contribution < -0.4 is 0 Å². The fourth-order valence-corrected chi connectivity index (χ4v) is 5.68. The van der Waals surface area contributed by atoms with Crippen LogP contribution in [0.3, 0.4) is 0 Å². The van der Waals surface area contributed by atoms with Crippen molar-refractivity contribution in [2.45, 2.75) is 39.0 Å². The maximum Gasteiger partial charge on any atom is 0.0904 e. The van der Waals surface area contributed by atoms with Gasteiger partial charge in [0.05, 0.1) is 10.7 Å². The summed E-state index contributed by atoms with van der Waals surface area (Å²) in [4.78, 5) is 12.4. The second kappa shape index (κ2) is 8.37. The van der Waals surface area contributed by atoms with Gasteiger partial charge in [-0.25, -0.2) is 4.98 Å². The maximum atomic E-state index is 4.85. The summed E-state index contributed by atoms with van der Waals surface area (Å²) in [7, 11) is 0. The lowest BCUT2D eigenvalue weighted by Gasteiger charge is -2.31. The molecule has 0 radical (unpaired) electrons. The third kappa shape index (κ3) is 3.94. The Labute approximate surface area is 182 Å². The van der Waals surface area contributed by atoms with Crippen LogP contribution in [0.5, 0.6) is 0 Å². The van der Waals surface area contributed by atoms with Gasteiger partial charge in [-0.15, -0.1) is 11.3 Å². The highest BCUT2D eigenvalue weighted by Crippen LogP contribution is 2.34. The number of nitrogens with zero attached hydrogens (tertiary/aromatic N) is 2. The molecule has 0 aliphatic carbocycles. The number of aromatic nitrogens is 2. The van der Waals surface area contributed by atoms with Crippen LogP contribution in [0.25, 0.3) is 22.2 Å². The molecule has 0 spiro atoms. The molecule has 4 heteroatoms. The minimum atomic E-state index is 0.672. The number of nitrogens with one attached hydrogen (secondary N) is 1. The molecule has 1 saturated heterocycles. The van der Waals surface area contributed by atoms with Gasteiger partial charge in [-0.05, 0) is 63.7 Å². The summed E-state index contributed by atoms with van der Waals surface area (Å²) >= 11 is 1.86. The molecule has 0 bridgehead atoms. The van der Waals surface area contributed by atoms with Crippen LogP contribution in [-0.4, -0.2) is 34.5 Å². The smallest absolute Gasteiger partial charge is 0.0904 e. The number of fused-ring (bicyclic) bond motifs is 1. The lowest BCUT2D eigenvalue weighted by Crippen LogP contribution is -2.34. The number of thiazole rings is 1. The lowest BCUT2D eigenvalue weighted by molar-refractivity contribution is 0.215. The lowest BCUT2D eigenvalue weighted by atomic mass is 9.89. The Balaban J connectivity index is 1.22. The van der Waals surface area contributed by atoms with Gasteiger partial charge in [0.25, 0.3) is 0 Å². The van der Waals surface area contributed by atoms with Crippen molar-refractivity contribution < 1.29 is 0 Å². The van der Waals surface area contributed by atoms with E-state index in [4.69, 9.17) is 4.98 Å². The van der Waals surface area contributed by atoms with Gasteiger partial charge in [-0.3, -0.25) is 0 Å². The van der Waals surface area contributed by atoms with E-state index in [1.54, 1.807) is 0 Å². The Hall–Kier alpha value is -2.43. The predicted molar refractivity (Wildman–Crippen MR) is 127 cm³/mol. The van der Waals surface area contributed by atoms with Crippen LogP contribution in [0, 0.1) is 13.8 Å². The minimum Gasteiger partial charge on any atom is -0.361 e. The van der Waals surface area contributed by atoms with Gasteiger partial charge in [0.15, 0.2) is 0 Å². The van der Waals surface area contributed by atoms with E-state index >= 15 is 0 Å². The van der Waals surface area contributed by atoms with Gasteiger partial charge >= 0.3 is 0 Å². The molecular formula is C26H29N3S. The molecule has 0 unspecified atom stereocenters. The number of aromatic amines is 1. The third-order valence-electron chi connectivity index (χ3n) is 6.43. The number of rotatable bonds is 5. The Morgan fingerprint density at radius 2 is 1.80 bits per heavy atom. The van der Waals surface area contributed by atoms with E-state index in [0.29, 0.717) is 5.92 Å². The second-order valence-electron chi connectivity index (χ2n) is 8.53. The summed E-state index contributed by atoms with van der Waals surface area (Å²) < 4.78 is 0. The normalized spacial score (nSPS) is 15.8. The Kier molecular flexibility index (Phi) is 5.45. The largest absolute Gasteiger partial charge is 0.361 e. The molecule has 1 aliphatic heterocycles. The molecule has 0 atom stereocenters. The van der Waals surface area contributed by atoms with E-state index in [2.05, 4.69) is 78.5 Å². The fourth-order valence-electron chi connectivity index (χ4n) is 4.73. The van der Waals surface area contributed by atoms with Crippen molar-refractivity contribution in [2.75, 3.05) is 19.6 Å². The molecular weight excluding hydrogens is 386 g/mol. The van der Waals surface area contributed by atoms with E-state index in [1.165, 1.54) is 69.1 Å². The highest BCUT2D eigenvalue weighted by atomic mass is 32.1. The molecule has 1 N–H and O–H groups in total. The summed E-state index contributed by atoms with van der Waals surface area (Å²) in [6.07, 6.45) is 5.81. The maximum absolute atomic E-state index is 4.85. The number of hydrogen-bond acceptors (Lipinski definition) is 3. The molecule has 2 aromatic heterocycles. The summed E-state index contributed by atoms with van der Waals surface area (Å²) in [6, 6.07) is 17.5. The molecule has 3 heterocycles. The molecule has 154 valence electrons. The van der Waals surface area contributed by atoms with Crippen molar-refractivity contribution in [1.29, 1.82) is 0 Å². The van der Waals surface area contributed by atoms with Gasteiger partial charge in [-0.2, -0.15) is 0 Å². The highest BCUT2D eigenvalue weighted by molar-refractivity contribution is 7.12. The first kappa shape index (κ1) is 19.5. The number of H-pyrrole nitrogens is 1. The number of hydrogen-bond donors (Lipinski definition) is 1. The average molecular weight is 416 g/mol. The summed E-state index contributed by atoms with van der Waals surface area (Å²) in [5.41, 5.74) is 6.50. The number of likely N-dealkylation sites (tertiary alicyclic amines) is 1. The predicted octanol–water partition coefficient (Wildman–Crippen LogP) is 6.33. The van der Waals surface area contributed by atoms with Gasteiger partial charge in [0.1, 0.15) is 0 Å². The first-order chi connectivity index (χ1) is 14.7.